The molecule has 0 heterocycles. The van der Waals surface area contributed by atoms with Gasteiger partial charge in [-0.05, 0) is 70.6 Å². The van der Waals surface area contributed by atoms with Crippen LogP contribution in [0.15, 0.2) is 36.5 Å². The minimum atomic E-state index is -1.13. The molecule has 0 aromatic heterocycles. The molecule has 0 saturated carbocycles. The Morgan fingerprint density at radius 3 is 1.31 bits per heavy atom. The smallest absolute Gasteiger partial charge is 0.306 e. The lowest BCUT2D eigenvalue weighted by molar-refractivity contribution is -0.889. The second-order valence-electron chi connectivity index (χ2n) is 18.4. The zero-order valence-electron chi connectivity index (χ0n) is 40.6. The van der Waals surface area contributed by atoms with Gasteiger partial charge in [-0.15, -0.1) is 0 Å². The average molecular weight is 860 g/mol. The van der Waals surface area contributed by atoms with Gasteiger partial charge in [-0.2, -0.15) is 0 Å². The zero-order chi connectivity index (χ0) is 44.9. The number of esters is 2. The fraction of sp³-hybridized carbons (Fsp3) is 0.830. The lowest BCUT2D eigenvalue weighted by Crippen LogP contribution is -2.55. The number of hydrogen-bond acceptors (Lipinski definition) is 7. The van der Waals surface area contributed by atoms with Gasteiger partial charge in [0.15, 0.2) is 6.10 Å². The first-order valence-electron chi connectivity index (χ1n) is 25.5. The number of quaternary nitrogens is 1. The Hall–Kier alpha value is -2.45. The molecule has 8 heteroatoms. The quantitative estimate of drug-likeness (QED) is 0.0260. The van der Waals surface area contributed by atoms with Crippen LogP contribution in [-0.2, 0) is 28.6 Å². The summed E-state index contributed by atoms with van der Waals surface area (Å²) < 4.78 is 17.2. The van der Waals surface area contributed by atoms with Crippen LogP contribution in [0.4, 0.5) is 0 Å². The first-order valence-corrected chi connectivity index (χ1v) is 25.5. The van der Waals surface area contributed by atoms with Gasteiger partial charge in [0.1, 0.15) is 12.6 Å². The summed E-state index contributed by atoms with van der Waals surface area (Å²) in [4.78, 5) is 37.0. The summed E-state index contributed by atoms with van der Waals surface area (Å²) in [5.41, 5.74) is 0. The van der Waals surface area contributed by atoms with Crippen LogP contribution in [0, 0.1) is 0 Å². The van der Waals surface area contributed by atoms with E-state index in [4.69, 9.17) is 14.2 Å². The van der Waals surface area contributed by atoms with E-state index in [0.717, 1.165) is 51.4 Å². The molecule has 0 N–H and O–H groups in total. The number of likely N-dealkylation sites (N-methyl/N-ethyl adjacent to an activating group) is 1. The second kappa shape index (κ2) is 44.2. The molecule has 0 saturated heterocycles. The second-order valence-corrected chi connectivity index (χ2v) is 18.4. The van der Waals surface area contributed by atoms with Crippen LogP contribution in [0.2, 0.25) is 0 Å². The average Bonchev–Trinajstić information content (AvgIpc) is 3.22. The monoisotopic (exact) mass is 860 g/mol. The fourth-order valence-electron chi connectivity index (χ4n) is 7.51. The maximum atomic E-state index is 12.8. The lowest BCUT2D eigenvalue weighted by Gasteiger charge is -2.34. The standard InChI is InChI=1S/C53H97NO7/c1-6-8-10-12-14-16-18-20-22-24-25-26-28-29-31-33-35-37-39-41-43-51(55)60-48-49(47-59-46-45-50(53(57)58)54(3,4)5)61-52(56)44-42-40-38-36-34-32-30-27-23-21-19-17-15-13-11-9-7-2/h15,17,21,23,25-26,49-50H,6-14,16,18-20,22,24,27-48H2,1-5H3/b17-15+,23-21+,26-25+. The van der Waals surface area contributed by atoms with Gasteiger partial charge in [0.2, 0.25) is 0 Å². The number of rotatable bonds is 46. The van der Waals surface area contributed by atoms with Crippen LogP contribution in [0.3, 0.4) is 0 Å². The van der Waals surface area contributed by atoms with Crippen LogP contribution < -0.4 is 5.11 Å². The van der Waals surface area contributed by atoms with Crippen molar-refractivity contribution in [2.75, 3.05) is 41.0 Å². The van der Waals surface area contributed by atoms with Gasteiger partial charge < -0.3 is 28.6 Å². The Kier molecular flexibility index (Phi) is 42.4. The number of allylic oxidation sites excluding steroid dienone is 6. The van der Waals surface area contributed by atoms with Crippen molar-refractivity contribution in [3.8, 4) is 0 Å². The number of carboxylic acid groups (broad SMARTS) is 1. The molecular formula is C53H97NO7. The topological polar surface area (TPSA) is 102 Å². The highest BCUT2D eigenvalue weighted by Gasteiger charge is 2.25. The Bertz CT molecular complexity index is 1090. The number of carbonyl (C=O) groups is 3. The predicted octanol–water partition coefficient (Wildman–Crippen LogP) is 13.3. The molecule has 0 aliphatic heterocycles. The molecule has 0 aromatic carbocycles. The molecule has 0 aliphatic carbocycles. The first kappa shape index (κ1) is 58.6. The molecule has 0 radical (unpaired) electrons. The lowest BCUT2D eigenvalue weighted by atomic mass is 10.1. The van der Waals surface area contributed by atoms with Crippen molar-refractivity contribution in [3.63, 3.8) is 0 Å². The van der Waals surface area contributed by atoms with Crippen LogP contribution in [0.5, 0.6) is 0 Å². The highest BCUT2D eigenvalue weighted by Crippen LogP contribution is 2.15. The van der Waals surface area contributed by atoms with Crippen LogP contribution in [0.25, 0.3) is 0 Å². The van der Waals surface area contributed by atoms with Gasteiger partial charge in [-0.3, -0.25) is 9.59 Å². The molecule has 61 heavy (non-hydrogen) atoms. The summed E-state index contributed by atoms with van der Waals surface area (Å²) in [5, 5.41) is 11.7. The molecule has 2 atom stereocenters. The number of nitrogens with zero attached hydrogens (tertiary/aromatic N) is 1. The molecule has 0 rings (SSSR count). The van der Waals surface area contributed by atoms with Gasteiger partial charge in [0.05, 0.1) is 40.3 Å². The summed E-state index contributed by atoms with van der Waals surface area (Å²) in [6, 6.07) is -0.728. The third-order valence-corrected chi connectivity index (χ3v) is 11.5. The Balaban J connectivity index is 4.25. The van der Waals surface area contributed by atoms with Gasteiger partial charge in [0.25, 0.3) is 0 Å². The summed E-state index contributed by atoms with van der Waals surface area (Å²) in [5.74, 6) is -1.74. The number of carbonyl (C=O) groups excluding carboxylic acids is 3. The van der Waals surface area contributed by atoms with E-state index in [1.165, 1.54) is 148 Å². The van der Waals surface area contributed by atoms with Crippen molar-refractivity contribution in [1.82, 2.24) is 0 Å². The van der Waals surface area contributed by atoms with Gasteiger partial charge in [-0.25, -0.2) is 0 Å². The zero-order valence-corrected chi connectivity index (χ0v) is 40.6. The van der Waals surface area contributed by atoms with E-state index in [-0.39, 0.29) is 42.7 Å². The van der Waals surface area contributed by atoms with Crippen molar-refractivity contribution in [2.24, 2.45) is 0 Å². The normalized spacial score (nSPS) is 13.1. The molecular weight excluding hydrogens is 763 g/mol. The third kappa shape index (κ3) is 42.6. The van der Waals surface area contributed by atoms with Gasteiger partial charge in [-0.1, -0.05) is 179 Å². The van der Waals surface area contributed by atoms with E-state index < -0.39 is 18.1 Å². The number of carboxylic acids is 1. The van der Waals surface area contributed by atoms with Crippen molar-refractivity contribution in [1.29, 1.82) is 0 Å². The summed E-state index contributed by atoms with van der Waals surface area (Å²) in [7, 11) is 5.41. The highest BCUT2D eigenvalue weighted by atomic mass is 16.6. The van der Waals surface area contributed by atoms with Crippen LogP contribution >= 0.6 is 0 Å². The highest BCUT2D eigenvalue weighted by molar-refractivity contribution is 5.70. The molecule has 8 nitrogen and oxygen atoms in total. The summed E-state index contributed by atoms with van der Waals surface area (Å²) in [6.07, 6.45) is 51.7. The minimum absolute atomic E-state index is 0.0377. The van der Waals surface area contributed by atoms with Gasteiger partial charge >= 0.3 is 11.9 Å². The van der Waals surface area contributed by atoms with E-state index in [1.807, 2.05) is 0 Å². The van der Waals surface area contributed by atoms with E-state index in [9.17, 15) is 19.5 Å². The first-order chi connectivity index (χ1) is 29.6. The molecule has 0 bridgehead atoms. The van der Waals surface area contributed by atoms with Crippen LogP contribution in [-0.4, -0.2) is 75.5 Å². The minimum Gasteiger partial charge on any atom is -0.544 e. The van der Waals surface area contributed by atoms with Gasteiger partial charge in [0, 0.05) is 19.3 Å². The Labute approximate surface area is 376 Å². The number of hydrogen-bond donors (Lipinski definition) is 0. The van der Waals surface area contributed by atoms with E-state index in [1.54, 1.807) is 21.1 Å². The Morgan fingerprint density at radius 2 is 0.869 bits per heavy atom. The number of aliphatic carboxylic acids is 1. The predicted molar refractivity (Wildman–Crippen MR) is 254 cm³/mol. The number of ether oxygens (including phenoxy) is 3. The molecule has 2 unspecified atom stereocenters. The van der Waals surface area contributed by atoms with E-state index in [0.29, 0.717) is 12.8 Å². The van der Waals surface area contributed by atoms with Crippen molar-refractivity contribution in [3.05, 3.63) is 36.5 Å². The van der Waals surface area contributed by atoms with Crippen molar-refractivity contribution in [2.45, 2.75) is 244 Å². The third-order valence-electron chi connectivity index (χ3n) is 11.5. The van der Waals surface area contributed by atoms with Crippen molar-refractivity contribution < 1.29 is 38.2 Å². The molecule has 0 aromatic rings. The molecule has 356 valence electrons. The maximum absolute atomic E-state index is 12.8. The molecule has 0 amide bonds. The summed E-state index contributed by atoms with van der Waals surface area (Å²) >= 11 is 0. The maximum Gasteiger partial charge on any atom is 0.306 e. The largest absolute Gasteiger partial charge is 0.544 e. The molecule has 0 spiro atoms. The molecule has 0 fully saturated rings. The summed E-state index contributed by atoms with van der Waals surface area (Å²) in [6.45, 7) is 4.65. The van der Waals surface area contributed by atoms with E-state index >= 15 is 0 Å². The molecule has 0 aliphatic rings. The van der Waals surface area contributed by atoms with Crippen molar-refractivity contribution >= 4 is 17.9 Å². The SMILES string of the molecule is CCCCC/C=C/C/C=C/CCCCCCCCCC(=O)OC(COCCC(C(=O)[O-])[N+](C)(C)C)COC(=O)CCCCCCCCC/C=C/CCCCCCCCCCC. The van der Waals surface area contributed by atoms with E-state index in [2.05, 4.69) is 50.3 Å². The van der Waals surface area contributed by atoms with Crippen LogP contribution in [0.1, 0.15) is 232 Å². The number of unbranched alkanes of at least 4 members (excludes halogenated alkanes) is 26. The fourth-order valence-corrected chi connectivity index (χ4v) is 7.51. The Morgan fingerprint density at radius 1 is 0.492 bits per heavy atom.